The summed E-state index contributed by atoms with van der Waals surface area (Å²) >= 11 is 0. The monoisotopic (exact) mass is 331 g/mol. The van der Waals surface area contributed by atoms with Crippen molar-refractivity contribution in [3.05, 3.63) is 35.9 Å². The van der Waals surface area contributed by atoms with Gasteiger partial charge in [0.2, 0.25) is 5.91 Å². The maximum Gasteiger partial charge on any atom is 0.310 e. The van der Waals surface area contributed by atoms with E-state index in [1.807, 2.05) is 35.2 Å². The summed E-state index contributed by atoms with van der Waals surface area (Å²) in [5.41, 5.74) is 0.357. The van der Waals surface area contributed by atoms with Crippen molar-refractivity contribution in [3.63, 3.8) is 0 Å². The van der Waals surface area contributed by atoms with Gasteiger partial charge in [0.1, 0.15) is 0 Å². The summed E-state index contributed by atoms with van der Waals surface area (Å²) in [6, 6.07) is 10.0. The van der Waals surface area contributed by atoms with Crippen LogP contribution in [0.25, 0.3) is 0 Å². The van der Waals surface area contributed by atoms with E-state index in [2.05, 4.69) is 0 Å². The Morgan fingerprint density at radius 3 is 2.62 bits per heavy atom. The molecule has 0 bridgehead atoms. The van der Waals surface area contributed by atoms with Crippen molar-refractivity contribution in [2.75, 3.05) is 19.7 Å². The molecule has 1 aromatic carbocycles. The average molecular weight is 331 g/mol. The molecular weight excluding hydrogens is 306 g/mol. The fraction of sp³-hybridized carbons (Fsp3) is 0.579. The van der Waals surface area contributed by atoms with Crippen LogP contribution in [0.4, 0.5) is 0 Å². The zero-order valence-corrected chi connectivity index (χ0v) is 13.9. The molecule has 2 fully saturated rings. The molecule has 1 aliphatic heterocycles. The number of hydrogen-bond acceptors (Lipinski definition) is 3. The molecule has 0 spiro atoms. The van der Waals surface area contributed by atoms with Gasteiger partial charge in [-0.1, -0.05) is 36.8 Å². The first-order chi connectivity index (χ1) is 11.6. The molecule has 1 saturated carbocycles. The predicted molar refractivity (Wildman–Crippen MR) is 89.3 cm³/mol. The molecule has 0 aromatic heterocycles. The summed E-state index contributed by atoms with van der Waals surface area (Å²) in [4.78, 5) is 25.6. The zero-order chi connectivity index (χ0) is 17.0. The van der Waals surface area contributed by atoms with Crippen LogP contribution < -0.4 is 0 Å². The molecule has 5 heteroatoms. The van der Waals surface area contributed by atoms with Crippen molar-refractivity contribution < 1.29 is 19.4 Å². The highest BCUT2D eigenvalue weighted by atomic mass is 16.5. The van der Waals surface area contributed by atoms with E-state index in [1.54, 1.807) is 0 Å². The second kappa shape index (κ2) is 7.34. The van der Waals surface area contributed by atoms with E-state index in [9.17, 15) is 14.7 Å². The topological polar surface area (TPSA) is 66.8 Å². The van der Waals surface area contributed by atoms with Gasteiger partial charge >= 0.3 is 5.97 Å². The number of ether oxygens (including phenoxy) is 1. The number of carboxylic acid groups (broad SMARTS) is 1. The van der Waals surface area contributed by atoms with Crippen molar-refractivity contribution >= 4 is 11.9 Å². The highest BCUT2D eigenvalue weighted by molar-refractivity contribution is 5.85. The van der Waals surface area contributed by atoms with Crippen LogP contribution in [-0.4, -0.2) is 41.6 Å². The molecule has 1 saturated heterocycles. The second-order valence-corrected chi connectivity index (χ2v) is 7.11. The van der Waals surface area contributed by atoms with Gasteiger partial charge < -0.3 is 14.7 Å². The lowest BCUT2D eigenvalue weighted by atomic mass is 9.66. The Morgan fingerprint density at radius 1 is 1.25 bits per heavy atom. The standard InChI is InChI=1S/C19H25NO4/c21-17(11-19(18(22)23)8-4-9-19)20-10-7-16(12-20)14-24-13-15-5-2-1-3-6-15/h1-3,5-6,16H,4,7-14H2,(H,22,23). The molecular formula is C19H25NO4. The van der Waals surface area contributed by atoms with E-state index in [-0.39, 0.29) is 12.3 Å². The van der Waals surface area contributed by atoms with Crippen LogP contribution in [0, 0.1) is 11.3 Å². The number of rotatable bonds is 7. The van der Waals surface area contributed by atoms with E-state index in [0.29, 0.717) is 45.1 Å². The Balaban J connectivity index is 1.42. The number of carbonyl (C=O) groups is 2. The Hall–Kier alpha value is -1.88. The van der Waals surface area contributed by atoms with Gasteiger partial charge in [0.05, 0.1) is 18.6 Å². The summed E-state index contributed by atoms with van der Waals surface area (Å²) in [5, 5.41) is 9.36. The minimum Gasteiger partial charge on any atom is -0.481 e. The van der Waals surface area contributed by atoms with Crippen molar-refractivity contribution in [2.24, 2.45) is 11.3 Å². The molecule has 5 nitrogen and oxygen atoms in total. The van der Waals surface area contributed by atoms with Crippen LogP contribution in [0.15, 0.2) is 30.3 Å². The van der Waals surface area contributed by atoms with Crippen LogP contribution in [0.3, 0.4) is 0 Å². The van der Waals surface area contributed by atoms with Crippen molar-refractivity contribution in [2.45, 2.75) is 38.7 Å². The lowest BCUT2D eigenvalue weighted by molar-refractivity contribution is -0.159. The number of amides is 1. The maximum absolute atomic E-state index is 12.4. The Labute approximate surface area is 142 Å². The fourth-order valence-electron chi connectivity index (χ4n) is 3.58. The predicted octanol–water partition coefficient (Wildman–Crippen LogP) is 2.70. The van der Waals surface area contributed by atoms with E-state index in [4.69, 9.17) is 4.74 Å². The van der Waals surface area contributed by atoms with Gasteiger partial charge in [0, 0.05) is 25.4 Å². The third kappa shape index (κ3) is 3.78. The van der Waals surface area contributed by atoms with Gasteiger partial charge in [-0.25, -0.2) is 0 Å². The molecule has 1 aromatic rings. The fourth-order valence-corrected chi connectivity index (χ4v) is 3.58. The van der Waals surface area contributed by atoms with E-state index in [1.165, 1.54) is 0 Å². The van der Waals surface area contributed by atoms with Crippen molar-refractivity contribution in [1.29, 1.82) is 0 Å². The average Bonchev–Trinajstić information content (AvgIpc) is 3.00. The highest BCUT2D eigenvalue weighted by Crippen LogP contribution is 2.44. The Kier molecular flexibility index (Phi) is 5.19. The highest BCUT2D eigenvalue weighted by Gasteiger charge is 2.47. The molecule has 3 rings (SSSR count). The molecule has 0 radical (unpaired) electrons. The van der Waals surface area contributed by atoms with Crippen LogP contribution >= 0.6 is 0 Å². The first-order valence-electron chi connectivity index (χ1n) is 8.72. The largest absolute Gasteiger partial charge is 0.481 e. The van der Waals surface area contributed by atoms with E-state index in [0.717, 1.165) is 18.4 Å². The summed E-state index contributed by atoms with van der Waals surface area (Å²) < 4.78 is 5.77. The normalized spacial score (nSPS) is 22.2. The molecule has 1 N–H and O–H groups in total. The van der Waals surface area contributed by atoms with Gasteiger partial charge in [0.15, 0.2) is 0 Å². The van der Waals surface area contributed by atoms with E-state index >= 15 is 0 Å². The SMILES string of the molecule is O=C(CC1(C(=O)O)CCC1)N1CCC(COCc2ccccc2)C1. The molecule has 1 aliphatic carbocycles. The van der Waals surface area contributed by atoms with Gasteiger partial charge in [-0.2, -0.15) is 0 Å². The maximum atomic E-state index is 12.4. The first-order valence-corrected chi connectivity index (χ1v) is 8.72. The third-order valence-electron chi connectivity index (χ3n) is 5.36. The lowest BCUT2D eigenvalue weighted by Crippen LogP contribution is -2.43. The van der Waals surface area contributed by atoms with Crippen LogP contribution in [0.1, 0.15) is 37.7 Å². The van der Waals surface area contributed by atoms with Gasteiger partial charge in [-0.15, -0.1) is 0 Å². The summed E-state index contributed by atoms with van der Waals surface area (Å²) in [7, 11) is 0. The number of nitrogens with zero attached hydrogens (tertiary/aromatic N) is 1. The van der Waals surface area contributed by atoms with Crippen LogP contribution in [0.5, 0.6) is 0 Å². The first kappa shape index (κ1) is 17.0. The van der Waals surface area contributed by atoms with Gasteiger partial charge in [-0.05, 0) is 24.8 Å². The van der Waals surface area contributed by atoms with Gasteiger partial charge in [-0.3, -0.25) is 9.59 Å². The number of aliphatic carboxylic acids is 1. The minimum absolute atomic E-state index is 0.0114. The van der Waals surface area contributed by atoms with Crippen molar-refractivity contribution in [1.82, 2.24) is 4.90 Å². The summed E-state index contributed by atoms with van der Waals surface area (Å²) in [6.07, 6.45) is 3.26. The number of likely N-dealkylation sites (tertiary alicyclic amines) is 1. The summed E-state index contributed by atoms with van der Waals surface area (Å²) in [6.45, 7) is 2.63. The van der Waals surface area contributed by atoms with Crippen LogP contribution in [-0.2, 0) is 20.9 Å². The molecule has 1 amide bonds. The molecule has 1 atom stereocenters. The van der Waals surface area contributed by atoms with Gasteiger partial charge in [0.25, 0.3) is 0 Å². The minimum atomic E-state index is -0.816. The molecule has 130 valence electrons. The summed E-state index contributed by atoms with van der Waals surface area (Å²) in [5.74, 6) is -0.480. The van der Waals surface area contributed by atoms with E-state index < -0.39 is 11.4 Å². The number of carboxylic acids is 1. The number of hydrogen-bond donors (Lipinski definition) is 1. The van der Waals surface area contributed by atoms with Crippen LogP contribution in [0.2, 0.25) is 0 Å². The van der Waals surface area contributed by atoms with Crippen molar-refractivity contribution in [3.8, 4) is 0 Å². The molecule has 2 aliphatic rings. The molecule has 24 heavy (non-hydrogen) atoms. The lowest BCUT2D eigenvalue weighted by Gasteiger charge is -2.38. The second-order valence-electron chi connectivity index (χ2n) is 7.11. The number of benzene rings is 1. The molecule has 1 unspecified atom stereocenters. The smallest absolute Gasteiger partial charge is 0.310 e. The zero-order valence-electron chi connectivity index (χ0n) is 13.9. The molecule has 1 heterocycles. The Morgan fingerprint density at radius 2 is 2.00 bits per heavy atom. The quantitative estimate of drug-likeness (QED) is 0.834. The third-order valence-corrected chi connectivity index (χ3v) is 5.36. The Bertz CT molecular complexity index is 582. The number of carbonyl (C=O) groups excluding carboxylic acids is 1.